The Morgan fingerprint density at radius 2 is 2.04 bits per heavy atom. The number of nitro groups is 1. The molecule has 0 saturated carbocycles. The van der Waals surface area contributed by atoms with Gasteiger partial charge in [-0.2, -0.15) is 0 Å². The molecule has 1 aliphatic heterocycles. The highest BCUT2D eigenvalue weighted by molar-refractivity contribution is 5.38. The minimum Gasteiger partial charge on any atom is -0.496 e. The fourth-order valence-electron chi connectivity index (χ4n) is 3.15. The Balaban J connectivity index is 1.83. The van der Waals surface area contributed by atoms with Crippen LogP contribution in [0.5, 0.6) is 5.75 Å². The summed E-state index contributed by atoms with van der Waals surface area (Å²) in [6, 6.07) is 14.7. The number of nitrogens with zero attached hydrogens (tertiary/aromatic N) is 1. The number of nitro benzene ring substituents is 1. The summed E-state index contributed by atoms with van der Waals surface area (Å²) in [4.78, 5) is 10.6. The zero-order valence-electron chi connectivity index (χ0n) is 13.0. The molecule has 0 aromatic heterocycles. The molecule has 2 atom stereocenters. The Morgan fingerprint density at radius 1 is 1.22 bits per heavy atom. The number of benzene rings is 2. The molecule has 0 unspecified atom stereocenters. The Bertz CT molecular complexity index is 701. The molecule has 0 aliphatic carbocycles. The summed E-state index contributed by atoms with van der Waals surface area (Å²) in [6.07, 6.45) is 1.59. The molecule has 0 N–H and O–H groups in total. The van der Waals surface area contributed by atoms with Crippen molar-refractivity contribution in [2.45, 2.75) is 24.9 Å². The van der Waals surface area contributed by atoms with Crippen LogP contribution in [-0.4, -0.2) is 18.6 Å². The number of hydrogen-bond donors (Lipinski definition) is 0. The predicted octanol–water partition coefficient (Wildman–Crippen LogP) is 4.24. The van der Waals surface area contributed by atoms with Gasteiger partial charge in [-0.1, -0.05) is 30.3 Å². The smallest absolute Gasteiger partial charge is 0.269 e. The topological polar surface area (TPSA) is 61.6 Å². The van der Waals surface area contributed by atoms with Crippen LogP contribution in [0.3, 0.4) is 0 Å². The second-order valence-corrected chi connectivity index (χ2v) is 5.67. The Kier molecular flexibility index (Phi) is 4.57. The normalized spacial score (nSPS) is 20.9. The van der Waals surface area contributed by atoms with Crippen LogP contribution in [0.25, 0.3) is 0 Å². The van der Waals surface area contributed by atoms with Crippen LogP contribution in [-0.2, 0) is 4.74 Å². The van der Waals surface area contributed by atoms with Crippen molar-refractivity contribution >= 4 is 5.69 Å². The molecule has 1 saturated heterocycles. The van der Waals surface area contributed by atoms with E-state index in [2.05, 4.69) is 6.07 Å². The number of ether oxygens (including phenoxy) is 2. The molecule has 3 rings (SSSR count). The molecule has 1 heterocycles. The second kappa shape index (κ2) is 6.79. The van der Waals surface area contributed by atoms with Gasteiger partial charge in [-0.25, -0.2) is 0 Å². The lowest BCUT2D eigenvalue weighted by Crippen LogP contribution is -2.19. The van der Waals surface area contributed by atoms with Crippen LogP contribution in [0.2, 0.25) is 0 Å². The molecule has 0 radical (unpaired) electrons. The van der Waals surface area contributed by atoms with Gasteiger partial charge in [0.05, 0.1) is 18.1 Å². The van der Waals surface area contributed by atoms with Crippen LogP contribution in [0.4, 0.5) is 5.69 Å². The highest BCUT2D eigenvalue weighted by Gasteiger charge is 2.27. The van der Waals surface area contributed by atoms with Crippen LogP contribution in [0.1, 0.15) is 36.0 Å². The number of hydrogen-bond acceptors (Lipinski definition) is 4. The molecular formula is C18H19NO4. The zero-order chi connectivity index (χ0) is 16.2. The minimum atomic E-state index is -0.371. The third kappa shape index (κ3) is 3.35. The highest BCUT2D eigenvalue weighted by Crippen LogP contribution is 2.40. The average molecular weight is 313 g/mol. The van der Waals surface area contributed by atoms with Gasteiger partial charge in [-0.05, 0) is 36.0 Å². The van der Waals surface area contributed by atoms with Crippen molar-refractivity contribution in [3.8, 4) is 5.75 Å². The lowest BCUT2D eigenvalue weighted by molar-refractivity contribution is -0.385. The van der Waals surface area contributed by atoms with Crippen molar-refractivity contribution in [3.63, 3.8) is 0 Å². The summed E-state index contributed by atoms with van der Waals surface area (Å²) in [7, 11) is 1.68. The fraction of sp³-hybridized carbons (Fsp3) is 0.333. The first-order chi connectivity index (χ1) is 11.2. The van der Waals surface area contributed by atoms with E-state index in [0.717, 1.165) is 24.2 Å². The molecule has 0 spiro atoms. The van der Waals surface area contributed by atoms with E-state index < -0.39 is 0 Å². The van der Waals surface area contributed by atoms with E-state index in [4.69, 9.17) is 9.47 Å². The molecule has 1 fully saturated rings. The Morgan fingerprint density at radius 3 is 2.83 bits per heavy atom. The molecule has 1 aliphatic rings. The summed E-state index contributed by atoms with van der Waals surface area (Å²) < 4.78 is 11.3. The SMILES string of the molecule is COc1ccccc1[C@H]1CCO[C@@H](c2cccc([N+](=O)[O-])c2)C1. The fourth-order valence-corrected chi connectivity index (χ4v) is 3.15. The largest absolute Gasteiger partial charge is 0.496 e. The van der Waals surface area contributed by atoms with Gasteiger partial charge in [0.15, 0.2) is 0 Å². The number of non-ortho nitro benzene ring substituents is 1. The molecular weight excluding hydrogens is 294 g/mol. The zero-order valence-corrected chi connectivity index (χ0v) is 13.0. The van der Waals surface area contributed by atoms with Crippen LogP contribution in [0, 0.1) is 10.1 Å². The summed E-state index contributed by atoms with van der Waals surface area (Å²) in [5, 5.41) is 11.0. The van der Waals surface area contributed by atoms with Crippen molar-refractivity contribution in [2.75, 3.05) is 13.7 Å². The van der Waals surface area contributed by atoms with Gasteiger partial charge in [-0.3, -0.25) is 10.1 Å². The van der Waals surface area contributed by atoms with E-state index in [9.17, 15) is 10.1 Å². The van der Waals surface area contributed by atoms with Gasteiger partial charge in [0, 0.05) is 18.7 Å². The minimum absolute atomic E-state index is 0.102. The molecule has 2 aromatic carbocycles. The Hall–Kier alpha value is -2.40. The third-order valence-corrected chi connectivity index (χ3v) is 4.32. The second-order valence-electron chi connectivity index (χ2n) is 5.67. The van der Waals surface area contributed by atoms with Gasteiger partial charge >= 0.3 is 0 Å². The summed E-state index contributed by atoms with van der Waals surface area (Å²) in [5.41, 5.74) is 2.14. The highest BCUT2D eigenvalue weighted by atomic mass is 16.6. The quantitative estimate of drug-likeness (QED) is 0.625. The van der Waals surface area contributed by atoms with Crippen molar-refractivity contribution in [3.05, 3.63) is 69.8 Å². The number of rotatable bonds is 4. The van der Waals surface area contributed by atoms with Crippen molar-refractivity contribution in [1.29, 1.82) is 0 Å². The van der Waals surface area contributed by atoms with Crippen molar-refractivity contribution < 1.29 is 14.4 Å². The lowest BCUT2D eigenvalue weighted by Gasteiger charge is -2.30. The van der Waals surface area contributed by atoms with Crippen molar-refractivity contribution in [2.24, 2.45) is 0 Å². The maximum absolute atomic E-state index is 11.0. The number of methoxy groups -OCH3 is 1. The van der Waals surface area contributed by atoms with Crippen LogP contribution < -0.4 is 4.74 Å². The van der Waals surface area contributed by atoms with Crippen LogP contribution in [0.15, 0.2) is 48.5 Å². The summed E-state index contributed by atoms with van der Waals surface area (Å²) in [6.45, 7) is 0.635. The average Bonchev–Trinajstić information content (AvgIpc) is 2.62. The Labute approximate surface area is 135 Å². The first-order valence-electron chi connectivity index (χ1n) is 7.68. The first kappa shape index (κ1) is 15.5. The van der Waals surface area contributed by atoms with Crippen molar-refractivity contribution in [1.82, 2.24) is 0 Å². The predicted molar refractivity (Wildman–Crippen MR) is 86.8 cm³/mol. The standard InChI is InChI=1S/C18H19NO4/c1-22-17-8-3-2-7-16(17)13-9-10-23-18(12-13)14-5-4-6-15(11-14)19(20)21/h2-8,11,13,18H,9-10,12H2,1H3/t13-,18+/m0/s1. The van der Waals surface area contributed by atoms with Gasteiger partial charge in [0.1, 0.15) is 5.75 Å². The van der Waals surface area contributed by atoms with E-state index in [1.807, 2.05) is 24.3 Å². The van der Waals surface area contributed by atoms with E-state index in [0.29, 0.717) is 12.5 Å². The van der Waals surface area contributed by atoms with E-state index in [1.54, 1.807) is 19.2 Å². The van der Waals surface area contributed by atoms with Gasteiger partial charge < -0.3 is 9.47 Å². The lowest BCUT2D eigenvalue weighted by atomic mass is 9.86. The van der Waals surface area contributed by atoms with E-state index in [-0.39, 0.29) is 16.7 Å². The van der Waals surface area contributed by atoms with Gasteiger partial charge in [0.25, 0.3) is 5.69 Å². The number of para-hydroxylation sites is 1. The molecule has 5 heteroatoms. The van der Waals surface area contributed by atoms with E-state index >= 15 is 0 Å². The maximum Gasteiger partial charge on any atom is 0.269 e. The molecule has 5 nitrogen and oxygen atoms in total. The molecule has 0 bridgehead atoms. The summed E-state index contributed by atoms with van der Waals surface area (Å²) >= 11 is 0. The monoisotopic (exact) mass is 313 g/mol. The molecule has 23 heavy (non-hydrogen) atoms. The first-order valence-corrected chi connectivity index (χ1v) is 7.68. The third-order valence-electron chi connectivity index (χ3n) is 4.32. The van der Waals surface area contributed by atoms with E-state index in [1.165, 1.54) is 11.6 Å². The van der Waals surface area contributed by atoms with Gasteiger partial charge in [0.2, 0.25) is 0 Å². The molecule has 2 aromatic rings. The molecule has 0 amide bonds. The summed E-state index contributed by atoms with van der Waals surface area (Å²) in [5.74, 6) is 1.21. The van der Waals surface area contributed by atoms with Crippen LogP contribution >= 0.6 is 0 Å². The maximum atomic E-state index is 11.0. The van der Waals surface area contributed by atoms with Gasteiger partial charge in [-0.15, -0.1) is 0 Å². The molecule has 120 valence electrons.